The zero-order valence-corrected chi connectivity index (χ0v) is 11.9. The van der Waals surface area contributed by atoms with E-state index in [0.717, 1.165) is 0 Å². The maximum atomic E-state index is 12.2. The lowest BCUT2D eigenvalue weighted by molar-refractivity contribution is 0.102. The van der Waals surface area contributed by atoms with E-state index in [9.17, 15) is 4.79 Å². The zero-order valence-electron chi connectivity index (χ0n) is 11.9. The van der Waals surface area contributed by atoms with E-state index in [1.165, 1.54) is 0 Å². The van der Waals surface area contributed by atoms with Crippen molar-refractivity contribution in [3.63, 3.8) is 0 Å². The number of nitrogens with zero attached hydrogens (tertiary/aromatic N) is 2. The predicted molar refractivity (Wildman–Crippen MR) is 82.0 cm³/mol. The number of amides is 1. The molecule has 0 aliphatic heterocycles. The lowest BCUT2D eigenvalue weighted by Crippen LogP contribution is -2.14. The summed E-state index contributed by atoms with van der Waals surface area (Å²) in [4.78, 5) is 12.2. The molecule has 0 saturated heterocycles. The number of nitrogens with one attached hydrogen (secondary N) is 2. The largest absolute Gasteiger partial charge is 0.455 e. The third kappa shape index (κ3) is 2.95. The highest BCUT2D eigenvalue weighted by molar-refractivity contribution is 6.04. The van der Waals surface area contributed by atoms with E-state index in [1.807, 2.05) is 42.5 Å². The molecule has 0 saturated carbocycles. The number of rotatable bonds is 4. The first-order chi connectivity index (χ1) is 10.7. The van der Waals surface area contributed by atoms with E-state index in [1.54, 1.807) is 19.1 Å². The molecule has 3 rings (SSSR count). The van der Waals surface area contributed by atoms with Crippen molar-refractivity contribution in [2.45, 2.75) is 6.92 Å². The summed E-state index contributed by atoms with van der Waals surface area (Å²) in [5, 5.41) is 12.9. The fraction of sp³-hybridized carbons (Fsp3) is 0.0625. The van der Waals surface area contributed by atoms with Gasteiger partial charge in [0.25, 0.3) is 5.91 Å². The Labute approximate surface area is 127 Å². The summed E-state index contributed by atoms with van der Waals surface area (Å²) in [5.41, 5.74) is 1.37. The fourth-order valence-electron chi connectivity index (χ4n) is 1.95. The molecular weight excluding hydrogens is 280 g/mol. The molecule has 0 bridgehead atoms. The quantitative estimate of drug-likeness (QED) is 0.774. The molecule has 1 heterocycles. The Balaban J connectivity index is 1.83. The SMILES string of the molecule is Cc1n[nH]nc1C(=O)Nc1ccccc1Oc1ccccc1. The van der Waals surface area contributed by atoms with E-state index in [-0.39, 0.29) is 11.6 Å². The summed E-state index contributed by atoms with van der Waals surface area (Å²) in [6.07, 6.45) is 0. The number of aryl methyl sites for hydroxylation is 1. The normalized spacial score (nSPS) is 10.2. The second-order valence-corrected chi connectivity index (χ2v) is 4.62. The number of aromatic amines is 1. The van der Waals surface area contributed by atoms with Crippen LogP contribution in [0.2, 0.25) is 0 Å². The predicted octanol–water partition coefficient (Wildman–Crippen LogP) is 3.16. The molecule has 6 nitrogen and oxygen atoms in total. The van der Waals surface area contributed by atoms with Crippen molar-refractivity contribution in [1.82, 2.24) is 15.4 Å². The molecule has 22 heavy (non-hydrogen) atoms. The second kappa shape index (κ2) is 6.09. The molecule has 0 aliphatic carbocycles. The third-order valence-electron chi connectivity index (χ3n) is 3.04. The number of para-hydroxylation sites is 3. The Kier molecular flexibility index (Phi) is 3.82. The highest BCUT2D eigenvalue weighted by atomic mass is 16.5. The van der Waals surface area contributed by atoms with E-state index < -0.39 is 0 Å². The minimum Gasteiger partial charge on any atom is -0.455 e. The van der Waals surface area contributed by atoms with Gasteiger partial charge in [-0.15, -0.1) is 0 Å². The van der Waals surface area contributed by atoms with Gasteiger partial charge in [-0.1, -0.05) is 30.3 Å². The first-order valence-corrected chi connectivity index (χ1v) is 6.74. The van der Waals surface area contributed by atoms with Crippen molar-refractivity contribution in [2.75, 3.05) is 5.32 Å². The summed E-state index contributed by atoms with van der Waals surface area (Å²) in [7, 11) is 0. The maximum absolute atomic E-state index is 12.2. The Morgan fingerprint density at radius 3 is 2.50 bits per heavy atom. The Hall–Kier alpha value is -3.15. The van der Waals surface area contributed by atoms with E-state index >= 15 is 0 Å². The first kappa shape index (κ1) is 13.8. The first-order valence-electron chi connectivity index (χ1n) is 6.74. The molecule has 0 radical (unpaired) electrons. The van der Waals surface area contributed by atoms with Crippen LogP contribution >= 0.6 is 0 Å². The van der Waals surface area contributed by atoms with E-state index in [0.29, 0.717) is 22.9 Å². The van der Waals surface area contributed by atoms with Crippen molar-refractivity contribution >= 4 is 11.6 Å². The van der Waals surface area contributed by atoms with Gasteiger partial charge < -0.3 is 10.1 Å². The van der Waals surface area contributed by atoms with Gasteiger partial charge in [-0.3, -0.25) is 4.79 Å². The molecule has 0 atom stereocenters. The van der Waals surface area contributed by atoms with Gasteiger partial charge in [-0.05, 0) is 31.2 Å². The van der Waals surface area contributed by atoms with Crippen LogP contribution in [-0.2, 0) is 0 Å². The van der Waals surface area contributed by atoms with Crippen molar-refractivity contribution in [3.05, 3.63) is 66.0 Å². The topological polar surface area (TPSA) is 79.9 Å². The van der Waals surface area contributed by atoms with Gasteiger partial charge in [0.15, 0.2) is 11.4 Å². The molecule has 1 aromatic heterocycles. The minimum absolute atomic E-state index is 0.259. The van der Waals surface area contributed by atoms with Gasteiger partial charge in [0.1, 0.15) is 5.75 Å². The lowest BCUT2D eigenvalue weighted by Gasteiger charge is -2.11. The molecule has 2 N–H and O–H groups in total. The van der Waals surface area contributed by atoms with Gasteiger partial charge >= 0.3 is 0 Å². The zero-order chi connectivity index (χ0) is 15.4. The summed E-state index contributed by atoms with van der Waals surface area (Å²) in [6.45, 7) is 1.71. The summed E-state index contributed by atoms with van der Waals surface area (Å²) in [5.74, 6) is 0.917. The standard InChI is InChI=1S/C16H14N4O2/c1-11-15(19-20-18-11)16(21)17-13-9-5-6-10-14(13)22-12-7-3-2-4-8-12/h2-10H,1H3,(H,17,21)(H,18,19,20). The van der Waals surface area contributed by atoms with Crippen LogP contribution in [0.25, 0.3) is 0 Å². The van der Waals surface area contributed by atoms with Crippen molar-refractivity contribution in [2.24, 2.45) is 0 Å². The highest BCUT2D eigenvalue weighted by Crippen LogP contribution is 2.29. The van der Waals surface area contributed by atoms with Crippen LogP contribution in [0.5, 0.6) is 11.5 Å². The molecular formula is C16H14N4O2. The average Bonchev–Trinajstić information content (AvgIpc) is 2.96. The number of H-pyrrole nitrogens is 1. The highest BCUT2D eigenvalue weighted by Gasteiger charge is 2.15. The molecule has 0 spiro atoms. The van der Waals surface area contributed by atoms with Crippen LogP contribution in [0.3, 0.4) is 0 Å². The summed E-state index contributed by atoms with van der Waals surface area (Å²) < 4.78 is 5.80. The van der Waals surface area contributed by atoms with Gasteiger partial charge in [0, 0.05) is 0 Å². The van der Waals surface area contributed by atoms with Gasteiger partial charge in [0.05, 0.1) is 11.4 Å². The second-order valence-electron chi connectivity index (χ2n) is 4.62. The van der Waals surface area contributed by atoms with Gasteiger partial charge in [-0.2, -0.15) is 15.4 Å². The molecule has 2 aromatic carbocycles. The minimum atomic E-state index is -0.338. The number of hydrogen-bond acceptors (Lipinski definition) is 4. The van der Waals surface area contributed by atoms with Crippen LogP contribution in [0.1, 0.15) is 16.2 Å². The number of benzene rings is 2. The Bertz CT molecular complexity index is 784. The van der Waals surface area contributed by atoms with Crippen LogP contribution < -0.4 is 10.1 Å². The number of carbonyl (C=O) groups excluding carboxylic acids is 1. The van der Waals surface area contributed by atoms with Crippen molar-refractivity contribution < 1.29 is 9.53 Å². The monoisotopic (exact) mass is 294 g/mol. The number of hydrogen-bond donors (Lipinski definition) is 2. The Morgan fingerprint density at radius 2 is 1.77 bits per heavy atom. The molecule has 6 heteroatoms. The van der Waals surface area contributed by atoms with Gasteiger partial charge in [-0.25, -0.2) is 0 Å². The number of anilines is 1. The molecule has 3 aromatic rings. The van der Waals surface area contributed by atoms with Crippen molar-refractivity contribution in [1.29, 1.82) is 0 Å². The smallest absolute Gasteiger partial charge is 0.278 e. The third-order valence-corrected chi connectivity index (χ3v) is 3.04. The van der Waals surface area contributed by atoms with Crippen molar-refractivity contribution in [3.8, 4) is 11.5 Å². The lowest BCUT2D eigenvalue weighted by atomic mass is 10.2. The number of aromatic nitrogens is 3. The maximum Gasteiger partial charge on any atom is 0.278 e. The Morgan fingerprint density at radius 1 is 1.05 bits per heavy atom. The fourth-order valence-corrected chi connectivity index (χ4v) is 1.95. The summed E-state index contributed by atoms with van der Waals surface area (Å²) >= 11 is 0. The van der Waals surface area contributed by atoms with Crippen LogP contribution in [0.4, 0.5) is 5.69 Å². The number of ether oxygens (including phenoxy) is 1. The molecule has 0 aliphatic rings. The average molecular weight is 294 g/mol. The van der Waals surface area contributed by atoms with Crippen LogP contribution in [0, 0.1) is 6.92 Å². The molecule has 0 unspecified atom stereocenters. The molecule has 110 valence electrons. The molecule has 1 amide bonds. The van der Waals surface area contributed by atoms with E-state index in [2.05, 4.69) is 20.7 Å². The van der Waals surface area contributed by atoms with E-state index in [4.69, 9.17) is 4.74 Å². The van der Waals surface area contributed by atoms with Gasteiger partial charge in [0.2, 0.25) is 0 Å². The van der Waals surface area contributed by atoms with Crippen LogP contribution in [-0.4, -0.2) is 21.3 Å². The summed E-state index contributed by atoms with van der Waals surface area (Å²) in [6, 6.07) is 16.6. The molecule has 0 fully saturated rings. The number of carbonyl (C=O) groups is 1. The van der Waals surface area contributed by atoms with Crippen LogP contribution in [0.15, 0.2) is 54.6 Å².